The van der Waals surface area contributed by atoms with Crippen molar-refractivity contribution in [2.24, 2.45) is 5.92 Å². The third kappa shape index (κ3) is 3.00. The standard InChI is InChI=1S/C16H23N3O3/c1-10-14(22-11(2)17-10)15(20)18-13-7-8-19(9-13)16(21)12-5-3-4-6-12/h12-13H,3-9H2,1-2H3,(H,18,20)/t13-/m1/s1. The van der Waals surface area contributed by atoms with Crippen molar-refractivity contribution in [2.45, 2.75) is 52.0 Å². The Balaban J connectivity index is 1.55. The van der Waals surface area contributed by atoms with Crippen molar-refractivity contribution < 1.29 is 14.0 Å². The number of oxazole rings is 1. The van der Waals surface area contributed by atoms with Crippen LogP contribution in [0.25, 0.3) is 0 Å². The quantitative estimate of drug-likeness (QED) is 0.924. The molecule has 0 unspecified atom stereocenters. The van der Waals surface area contributed by atoms with E-state index >= 15 is 0 Å². The molecule has 1 aromatic rings. The second-order valence-electron chi connectivity index (χ2n) is 6.37. The van der Waals surface area contributed by atoms with E-state index in [1.807, 2.05) is 4.90 Å². The summed E-state index contributed by atoms with van der Waals surface area (Å²) >= 11 is 0. The summed E-state index contributed by atoms with van der Waals surface area (Å²) in [6.45, 7) is 4.82. The zero-order valence-electron chi connectivity index (χ0n) is 13.2. The zero-order valence-corrected chi connectivity index (χ0v) is 13.2. The molecule has 1 saturated carbocycles. The molecule has 2 amide bonds. The molecule has 1 saturated heterocycles. The van der Waals surface area contributed by atoms with Crippen LogP contribution in [-0.2, 0) is 4.79 Å². The maximum absolute atomic E-state index is 12.4. The maximum Gasteiger partial charge on any atom is 0.289 e. The van der Waals surface area contributed by atoms with E-state index in [0.717, 1.165) is 38.6 Å². The van der Waals surface area contributed by atoms with Crippen LogP contribution in [-0.4, -0.2) is 40.8 Å². The lowest BCUT2D eigenvalue weighted by atomic mass is 10.1. The van der Waals surface area contributed by atoms with Crippen molar-refractivity contribution in [2.75, 3.05) is 13.1 Å². The molecule has 120 valence electrons. The largest absolute Gasteiger partial charge is 0.436 e. The molecule has 2 heterocycles. The SMILES string of the molecule is Cc1nc(C)c(C(=O)N[C@@H]2CCN(C(=O)C3CCCC3)C2)o1. The first kappa shape index (κ1) is 15.1. The summed E-state index contributed by atoms with van der Waals surface area (Å²) in [5.41, 5.74) is 0.604. The summed E-state index contributed by atoms with van der Waals surface area (Å²) in [6, 6.07) is 0.00246. The highest BCUT2D eigenvalue weighted by Crippen LogP contribution is 2.27. The average molecular weight is 305 g/mol. The number of amides is 2. The predicted octanol–water partition coefficient (Wildman–Crippen LogP) is 1.81. The summed E-state index contributed by atoms with van der Waals surface area (Å²) in [5.74, 6) is 0.998. The second-order valence-corrected chi connectivity index (χ2v) is 6.37. The number of nitrogens with one attached hydrogen (secondary N) is 1. The van der Waals surface area contributed by atoms with Gasteiger partial charge in [-0.1, -0.05) is 12.8 Å². The molecule has 2 fully saturated rings. The number of aryl methyl sites for hydroxylation is 2. The number of rotatable bonds is 3. The number of likely N-dealkylation sites (tertiary alicyclic amines) is 1. The number of nitrogens with zero attached hydrogens (tertiary/aromatic N) is 2. The molecule has 6 nitrogen and oxygen atoms in total. The van der Waals surface area contributed by atoms with E-state index in [1.165, 1.54) is 0 Å². The Kier molecular flexibility index (Phi) is 4.18. The molecule has 1 aromatic heterocycles. The Labute approximate surface area is 130 Å². The Morgan fingerprint density at radius 3 is 2.59 bits per heavy atom. The molecule has 2 aliphatic rings. The van der Waals surface area contributed by atoms with Gasteiger partial charge in [0.25, 0.3) is 5.91 Å². The van der Waals surface area contributed by atoms with Crippen molar-refractivity contribution in [1.29, 1.82) is 0 Å². The van der Waals surface area contributed by atoms with E-state index in [1.54, 1.807) is 13.8 Å². The minimum Gasteiger partial charge on any atom is -0.436 e. The third-order valence-electron chi connectivity index (χ3n) is 4.65. The lowest BCUT2D eigenvalue weighted by Gasteiger charge is -2.20. The molecule has 6 heteroatoms. The van der Waals surface area contributed by atoms with Crippen LogP contribution < -0.4 is 5.32 Å². The highest BCUT2D eigenvalue weighted by Gasteiger charge is 2.33. The van der Waals surface area contributed by atoms with Crippen molar-refractivity contribution >= 4 is 11.8 Å². The molecule has 1 atom stereocenters. The fraction of sp³-hybridized carbons (Fsp3) is 0.688. The van der Waals surface area contributed by atoms with Gasteiger partial charge in [0.2, 0.25) is 11.7 Å². The van der Waals surface area contributed by atoms with Crippen LogP contribution in [0, 0.1) is 19.8 Å². The topological polar surface area (TPSA) is 75.4 Å². The van der Waals surface area contributed by atoms with Crippen LogP contribution in [0.4, 0.5) is 0 Å². The summed E-state index contributed by atoms with van der Waals surface area (Å²) in [5, 5.41) is 2.96. The number of hydrogen-bond acceptors (Lipinski definition) is 4. The predicted molar refractivity (Wildman–Crippen MR) is 80.4 cm³/mol. The van der Waals surface area contributed by atoms with Gasteiger partial charge in [-0.05, 0) is 26.2 Å². The van der Waals surface area contributed by atoms with Gasteiger partial charge in [-0.15, -0.1) is 0 Å². The molecule has 3 rings (SSSR count). The summed E-state index contributed by atoms with van der Waals surface area (Å²) in [6.07, 6.45) is 5.16. The average Bonchev–Trinajstić information content (AvgIpc) is 3.19. The minimum atomic E-state index is -0.238. The van der Waals surface area contributed by atoms with E-state index in [2.05, 4.69) is 10.3 Å². The maximum atomic E-state index is 12.4. The van der Waals surface area contributed by atoms with Crippen LogP contribution in [0.3, 0.4) is 0 Å². The van der Waals surface area contributed by atoms with Crippen LogP contribution in [0.15, 0.2) is 4.42 Å². The Bertz CT molecular complexity index is 575. The molecule has 0 spiro atoms. The van der Waals surface area contributed by atoms with Crippen molar-refractivity contribution in [3.05, 3.63) is 17.3 Å². The number of hydrogen-bond donors (Lipinski definition) is 1. The lowest BCUT2D eigenvalue weighted by molar-refractivity contribution is -0.134. The molecule has 0 aromatic carbocycles. The van der Waals surface area contributed by atoms with Gasteiger partial charge in [0.15, 0.2) is 5.89 Å². The first-order valence-corrected chi connectivity index (χ1v) is 8.08. The second kappa shape index (κ2) is 6.10. The van der Waals surface area contributed by atoms with Crippen LogP contribution in [0.1, 0.15) is 54.2 Å². The Morgan fingerprint density at radius 1 is 1.23 bits per heavy atom. The molecular weight excluding hydrogens is 282 g/mol. The molecule has 1 N–H and O–H groups in total. The van der Waals surface area contributed by atoms with Crippen LogP contribution in [0.5, 0.6) is 0 Å². The third-order valence-corrected chi connectivity index (χ3v) is 4.65. The number of carbonyl (C=O) groups excluding carboxylic acids is 2. The highest BCUT2D eigenvalue weighted by molar-refractivity contribution is 5.92. The van der Waals surface area contributed by atoms with E-state index in [9.17, 15) is 9.59 Å². The first-order chi connectivity index (χ1) is 10.5. The molecule has 22 heavy (non-hydrogen) atoms. The lowest BCUT2D eigenvalue weighted by Crippen LogP contribution is -2.39. The minimum absolute atomic E-state index is 0.00246. The summed E-state index contributed by atoms with van der Waals surface area (Å²) in [4.78, 5) is 30.6. The monoisotopic (exact) mass is 305 g/mol. The fourth-order valence-corrected chi connectivity index (χ4v) is 3.50. The van der Waals surface area contributed by atoms with E-state index in [4.69, 9.17) is 4.42 Å². The van der Waals surface area contributed by atoms with Gasteiger partial charge < -0.3 is 14.6 Å². The van der Waals surface area contributed by atoms with Crippen molar-refractivity contribution in [1.82, 2.24) is 15.2 Å². The van der Waals surface area contributed by atoms with Gasteiger partial charge in [-0.3, -0.25) is 9.59 Å². The van der Waals surface area contributed by atoms with Gasteiger partial charge in [-0.25, -0.2) is 4.98 Å². The highest BCUT2D eigenvalue weighted by atomic mass is 16.4. The molecule has 0 radical (unpaired) electrons. The van der Waals surface area contributed by atoms with Crippen LogP contribution >= 0.6 is 0 Å². The van der Waals surface area contributed by atoms with Gasteiger partial charge in [0.05, 0.1) is 5.69 Å². The normalized spacial score (nSPS) is 22.3. The van der Waals surface area contributed by atoms with Crippen molar-refractivity contribution in [3.63, 3.8) is 0 Å². The Hall–Kier alpha value is -1.85. The smallest absolute Gasteiger partial charge is 0.289 e. The summed E-state index contributed by atoms with van der Waals surface area (Å²) < 4.78 is 5.34. The van der Waals surface area contributed by atoms with Gasteiger partial charge in [0, 0.05) is 32.0 Å². The van der Waals surface area contributed by atoms with Gasteiger partial charge >= 0.3 is 0 Å². The molecule has 1 aliphatic carbocycles. The number of aromatic nitrogens is 1. The number of carbonyl (C=O) groups is 2. The molecule has 1 aliphatic heterocycles. The summed E-state index contributed by atoms with van der Waals surface area (Å²) in [7, 11) is 0. The van der Waals surface area contributed by atoms with Gasteiger partial charge in [0.1, 0.15) is 0 Å². The van der Waals surface area contributed by atoms with Gasteiger partial charge in [-0.2, -0.15) is 0 Å². The zero-order chi connectivity index (χ0) is 15.7. The van der Waals surface area contributed by atoms with E-state index in [-0.39, 0.29) is 29.5 Å². The van der Waals surface area contributed by atoms with Crippen molar-refractivity contribution in [3.8, 4) is 0 Å². The molecular formula is C16H23N3O3. The fourth-order valence-electron chi connectivity index (χ4n) is 3.50. The van der Waals surface area contributed by atoms with Crippen LogP contribution in [0.2, 0.25) is 0 Å². The van der Waals surface area contributed by atoms with E-state index < -0.39 is 0 Å². The Morgan fingerprint density at radius 2 is 1.95 bits per heavy atom. The first-order valence-electron chi connectivity index (χ1n) is 8.08. The van der Waals surface area contributed by atoms with E-state index in [0.29, 0.717) is 18.1 Å². The molecule has 0 bridgehead atoms.